The molecule has 0 aliphatic carbocycles. The molecule has 0 saturated carbocycles. The summed E-state index contributed by atoms with van der Waals surface area (Å²) in [6.45, 7) is 9.18. The van der Waals surface area contributed by atoms with Crippen molar-refractivity contribution in [3.8, 4) is 5.88 Å². The molecule has 16 heavy (non-hydrogen) atoms. The maximum Gasteiger partial charge on any atom is 0.213 e. The van der Waals surface area contributed by atoms with Crippen molar-refractivity contribution in [3.63, 3.8) is 0 Å². The first-order valence-corrected chi connectivity index (χ1v) is 6.21. The number of ether oxygens (including phenoxy) is 1. The first-order valence-electron chi connectivity index (χ1n) is 5.67. The van der Waals surface area contributed by atoms with Gasteiger partial charge in [-0.05, 0) is 18.1 Å². The van der Waals surface area contributed by atoms with Crippen LogP contribution in [0.1, 0.15) is 45.4 Å². The van der Waals surface area contributed by atoms with Crippen molar-refractivity contribution >= 4 is 11.6 Å². The number of hydrogen-bond donors (Lipinski definition) is 0. The Labute approximate surface area is 103 Å². The van der Waals surface area contributed by atoms with Gasteiger partial charge in [-0.15, -0.1) is 11.6 Å². The fourth-order valence-electron chi connectivity index (χ4n) is 1.30. The van der Waals surface area contributed by atoms with Crippen LogP contribution < -0.4 is 4.74 Å². The Balaban J connectivity index is 3.01. The van der Waals surface area contributed by atoms with Gasteiger partial charge in [-0.1, -0.05) is 27.7 Å². The smallest absolute Gasteiger partial charge is 0.213 e. The van der Waals surface area contributed by atoms with Crippen LogP contribution in [0.4, 0.5) is 0 Å². The molecule has 2 nitrogen and oxygen atoms in total. The Morgan fingerprint density at radius 1 is 1.31 bits per heavy atom. The average molecular weight is 242 g/mol. The molecule has 0 atom stereocenters. The predicted octanol–water partition coefficient (Wildman–Crippen LogP) is 3.91. The molecule has 1 heterocycles. The Hall–Kier alpha value is -0.760. The molecule has 0 bridgehead atoms. The Morgan fingerprint density at radius 3 is 2.50 bits per heavy atom. The van der Waals surface area contributed by atoms with E-state index in [1.165, 1.54) is 0 Å². The first kappa shape index (κ1) is 13.3. The fraction of sp³-hybridized carbons (Fsp3) is 0.615. The highest BCUT2D eigenvalue weighted by atomic mass is 35.5. The van der Waals surface area contributed by atoms with E-state index >= 15 is 0 Å². The van der Waals surface area contributed by atoms with Gasteiger partial charge < -0.3 is 4.74 Å². The SMILES string of the molecule is CCCOc1cc(CCl)cc(C(C)(C)C)n1. The molecular formula is C13H20ClNO. The lowest BCUT2D eigenvalue weighted by molar-refractivity contribution is 0.302. The lowest BCUT2D eigenvalue weighted by Crippen LogP contribution is -2.14. The van der Waals surface area contributed by atoms with Crippen LogP contribution in [-0.2, 0) is 11.3 Å². The normalized spacial score (nSPS) is 11.6. The molecule has 1 aromatic rings. The molecule has 0 aliphatic heterocycles. The molecule has 0 aromatic carbocycles. The fourth-order valence-corrected chi connectivity index (χ4v) is 1.46. The van der Waals surface area contributed by atoms with E-state index in [0.29, 0.717) is 18.4 Å². The highest BCUT2D eigenvalue weighted by Gasteiger charge is 2.17. The van der Waals surface area contributed by atoms with Crippen LogP contribution in [0.5, 0.6) is 5.88 Å². The molecular weight excluding hydrogens is 222 g/mol. The van der Waals surface area contributed by atoms with Crippen molar-refractivity contribution in [2.45, 2.75) is 45.4 Å². The van der Waals surface area contributed by atoms with Crippen LogP contribution in [0.3, 0.4) is 0 Å². The molecule has 1 rings (SSSR count). The zero-order valence-corrected chi connectivity index (χ0v) is 11.3. The second-order valence-corrected chi connectivity index (χ2v) is 5.20. The summed E-state index contributed by atoms with van der Waals surface area (Å²) in [5.74, 6) is 1.18. The topological polar surface area (TPSA) is 22.1 Å². The van der Waals surface area contributed by atoms with Crippen molar-refractivity contribution in [1.82, 2.24) is 4.98 Å². The number of nitrogens with zero attached hydrogens (tertiary/aromatic N) is 1. The molecule has 0 fully saturated rings. The monoisotopic (exact) mass is 241 g/mol. The Morgan fingerprint density at radius 2 is 2.00 bits per heavy atom. The van der Waals surface area contributed by atoms with Crippen LogP contribution in [0, 0.1) is 0 Å². The van der Waals surface area contributed by atoms with Gasteiger partial charge in [0.2, 0.25) is 5.88 Å². The maximum atomic E-state index is 5.87. The first-order chi connectivity index (χ1) is 7.47. The van der Waals surface area contributed by atoms with Crippen LogP contribution in [0.2, 0.25) is 0 Å². The zero-order chi connectivity index (χ0) is 12.2. The minimum absolute atomic E-state index is 0.0202. The summed E-state index contributed by atoms with van der Waals surface area (Å²) in [7, 11) is 0. The highest BCUT2D eigenvalue weighted by molar-refractivity contribution is 6.17. The molecule has 1 aromatic heterocycles. The van der Waals surface area contributed by atoms with Gasteiger partial charge in [0.05, 0.1) is 12.3 Å². The van der Waals surface area contributed by atoms with E-state index in [1.54, 1.807) is 0 Å². The molecule has 0 radical (unpaired) electrons. The number of pyridine rings is 1. The van der Waals surface area contributed by atoms with Crippen LogP contribution in [0.15, 0.2) is 12.1 Å². The largest absolute Gasteiger partial charge is 0.478 e. The minimum atomic E-state index is 0.0202. The van der Waals surface area contributed by atoms with Gasteiger partial charge in [0.1, 0.15) is 0 Å². The van der Waals surface area contributed by atoms with Gasteiger partial charge in [-0.3, -0.25) is 0 Å². The summed E-state index contributed by atoms with van der Waals surface area (Å²) in [4.78, 5) is 4.51. The maximum absolute atomic E-state index is 5.87. The number of hydrogen-bond acceptors (Lipinski definition) is 2. The Kier molecular flexibility index (Phi) is 4.60. The lowest BCUT2D eigenvalue weighted by Gasteiger charge is -2.19. The molecule has 0 unspecified atom stereocenters. The van der Waals surface area contributed by atoms with Gasteiger partial charge >= 0.3 is 0 Å². The third-order valence-electron chi connectivity index (χ3n) is 2.24. The lowest BCUT2D eigenvalue weighted by atomic mass is 9.91. The third kappa shape index (κ3) is 3.67. The van der Waals surface area contributed by atoms with Gasteiger partial charge in [-0.2, -0.15) is 0 Å². The minimum Gasteiger partial charge on any atom is -0.478 e. The second-order valence-electron chi connectivity index (χ2n) is 4.93. The summed E-state index contributed by atoms with van der Waals surface area (Å²) < 4.78 is 5.56. The van der Waals surface area contributed by atoms with Crippen LogP contribution >= 0.6 is 11.6 Å². The van der Waals surface area contributed by atoms with Gasteiger partial charge in [-0.25, -0.2) is 4.98 Å². The molecule has 3 heteroatoms. The van der Waals surface area contributed by atoms with E-state index in [-0.39, 0.29) is 5.41 Å². The number of aromatic nitrogens is 1. The quantitative estimate of drug-likeness (QED) is 0.746. The number of rotatable bonds is 4. The van der Waals surface area contributed by atoms with E-state index in [1.807, 2.05) is 12.1 Å². The predicted molar refractivity (Wildman–Crippen MR) is 68.3 cm³/mol. The summed E-state index contributed by atoms with van der Waals surface area (Å²) in [6, 6.07) is 3.96. The average Bonchev–Trinajstić information content (AvgIpc) is 2.24. The van der Waals surface area contributed by atoms with Gasteiger partial charge in [0, 0.05) is 17.4 Å². The summed E-state index contributed by atoms with van der Waals surface area (Å²) in [5, 5.41) is 0. The van der Waals surface area contributed by atoms with Crippen molar-refractivity contribution in [3.05, 3.63) is 23.4 Å². The standard InChI is InChI=1S/C13H20ClNO/c1-5-6-16-12-8-10(9-14)7-11(15-12)13(2,3)4/h7-8H,5-6,9H2,1-4H3. The van der Waals surface area contributed by atoms with E-state index in [4.69, 9.17) is 16.3 Å². The van der Waals surface area contributed by atoms with Crippen molar-refractivity contribution in [2.75, 3.05) is 6.61 Å². The van der Waals surface area contributed by atoms with Crippen LogP contribution in [-0.4, -0.2) is 11.6 Å². The summed E-state index contributed by atoms with van der Waals surface area (Å²) >= 11 is 5.87. The molecule has 0 spiro atoms. The molecule has 0 amide bonds. The number of alkyl halides is 1. The van der Waals surface area contributed by atoms with Crippen molar-refractivity contribution in [2.24, 2.45) is 0 Å². The van der Waals surface area contributed by atoms with Crippen molar-refractivity contribution < 1.29 is 4.74 Å². The number of halogens is 1. The molecule has 0 N–H and O–H groups in total. The van der Waals surface area contributed by atoms with Crippen molar-refractivity contribution in [1.29, 1.82) is 0 Å². The summed E-state index contributed by atoms with van der Waals surface area (Å²) in [5.41, 5.74) is 2.11. The molecule has 0 saturated heterocycles. The highest BCUT2D eigenvalue weighted by Crippen LogP contribution is 2.24. The van der Waals surface area contributed by atoms with Crippen LogP contribution in [0.25, 0.3) is 0 Å². The summed E-state index contributed by atoms with van der Waals surface area (Å²) in [6.07, 6.45) is 0.984. The van der Waals surface area contributed by atoms with E-state index < -0.39 is 0 Å². The van der Waals surface area contributed by atoms with Gasteiger partial charge in [0.15, 0.2) is 0 Å². The molecule has 90 valence electrons. The van der Waals surface area contributed by atoms with Gasteiger partial charge in [0.25, 0.3) is 0 Å². The molecule has 0 aliphatic rings. The van der Waals surface area contributed by atoms with E-state index in [0.717, 1.165) is 17.7 Å². The van der Waals surface area contributed by atoms with E-state index in [2.05, 4.69) is 32.7 Å². The second kappa shape index (κ2) is 5.53. The van der Waals surface area contributed by atoms with E-state index in [9.17, 15) is 0 Å². The zero-order valence-electron chi connectivity index (χ0n) is 10.5. The Bertz CT molecular complexity index is 344. The third-order valence-corrected chi connectivity index (χ3v) is 2.55.